The van der Waals surface area contributed by atoms with Gasteiger partial charge in [0, 0.05) is 30.2 Å². The number of benzene rings is 1. The number of amides is 2. The SMILES string of the molecule is CC(C)NC(=O)c1cccc(C(C)n2cc(NC(=O)c3nccnc3N)cn2)c1. The van der Waals surface area contributed by atoms with Crippen molar-refractivity contribution in [1.29, 1.82) is 0 Å². The van der Waals surface area contributed by atoms with Gasteiger partial charge in [0.25, 0.3) is 11.8 Å². The number of rotatable bonds is 6. The van der Waals surface area contributed by atoms with E-state index >= 15 is 0 Å². The molecule has 0 aliphatic heterocycles. The van der Waals surface area contributed by atoms with Crippen LogP contribution in [-0.2, 0) is 0 Å². The van der Waals surface area contributed by atoms with Gasteiger partial charge in [-0.1, -0.05) is 12.1 Å². The third kappa shape index (κ3) is 4.75. The zero-order chi connectivity index (χ0) is 21.0. The van der Waals surface area contributed by atoms with Crippen LogP contribution >= 0.6 is 0 Å². The van der Waals surface area contributed by atoms with Crippen LogP contribution < -0.4 is 16.4 Å². The number of nitrogen functional groups attached to an aromatic ring is 1. The van der Waals surface area contributed by atoms with Crippen LogP contribution in [0.2, 0.25) is 0 Å². The first kappa shape index (κ1) is 20.0. The van der Waals surface area contributed by atoms with Crippen molar-refractivity contribution in [3.63, 3.8) is 0 Å². The Kier molecular flexibility index (Phi) is 5.87. The monoisotopic (exact) mass is 393 g/mol. The minimum Gasteiger partial charge on any atom is -0.382 e. The molecule has 0 bridgehead atoms. The Labute approximate surface area is 168 Å². The molecule has 3 rings (SSSR count). The van der Waals surface area contributed by atoms with E-state index in [4.69, 9.17) is 5.73 Å². The van der Waals surface area contributed by atoms with Crippen LogP contribution in [0.15, 0.2) is 49.1 Å². The number of anilines is 2. The van der Waals surface area contributed by atoms with E-state index in [1.54, 1.807) is 16.9 Å². The summed E-state index contributed by atoms with van der Waals surface area (Å²) in [4.78, 5) is 32.4. The van der Waals surface area contributed by atoms with Crippen molar-refractivity contribution in [2.24, 2.45) is 0 Å². The van der Waals surface area contributed by atoms with Crippen LogP contribution in [0.3, 0.4) is 0 Å². The lowest BCUT2D eigenvalue weighted by Crippen LogP contribution is -2.30. The molecule has 1 atom stereocenters. The summed E-state index contributed by atoms with van der Waals surface area (Å²) < 4.78 is 1.70. The summed E-state index contributed by atoms with van der Waals surface area (Å²) in [6, 6.07) is 7.29. The predicted octanol–water partition coefficient (Wildman–Crippen LogP) is 2.26. The number of nitrogens with one attached hydrogen (secondary N) is 2. The molecule has 0 aliphatic rings. The molecule has 1 aromatic carbocycles. The highest BCUT2D eigenvalue weighted by atomic mass is 16.2. The van der Waals surface area contributed by atoms with Crippen molar-refractivity contribution in [2.45, 2.75) is 32.9 Å². The van der Waals surface area contributed by atoms with E-state index in [1.165, 1.54) is 18.6 Å². The fourth-order valence-electron chi connectivity index (χ4n) is 2.77. The Morgan fingerprint density at radius 2 is 1.86 bits per heavy atom. The Balaban J connectivity index is 1.74. The third-order valence-corrected chi connectivity index (χ3v) is 4.25. The zero-order valence-electron chi connectivity index (χ0n) is 16.5. The molecule has 3 aromatic rings. The predicted molar refractivity (Wildman–Crippen MR) is 109 cm³/mol. The van der Waals surface area contributed by atoms with Crippen LogP contribution in [0.25, 0.3) is 0 Å². The number of hydrogen-bond acceptors (Lipinski definition) is 6. The van der Waals surface area contributed by atoms with E-state index in [-0.39, 0.29) is 29.5 Å². The van der Waals surface area contributed by atoms with Gasteiger partial charge in [-0.2, -0.15) is 5.10 Å². The van der Waals surface area contributed by atoms with Crippen molar-refractivity contribution in [3.05, 3.63) is 65.9 Å². The normalized spacial score (nSPS) is 11.9. The quantitative estimate of drug-likeness (QED) is 0.589. The van der Waals surface area contributed by atoms with Gasteiger partial charge in [-0.25, -0.2) is 9.97 Å². The number of nitrogens with two attached hydrogens (primary N) is 1. The van der Waals surface area contributed by atoms with Gasteiger partial charge in [0.1, 0.15) is 0 Å². The molecule has 9 heteroatoms. The average molecular weight is 393 g/mol. The molecule has 0 saturated heterocycles. The minimum absolute atomic E-state index is 0.0529. The first-order chi connectivity index (χ1) is 13.8. The highest BCUT2D eigenvalue weighted by Crippen LogP contribution is 2.20. The van der Waals surface area contributed by atoms with E-state index in [2.05, 4.69) is 25.7 Å². The van der Waals surface area contributed by atoms with Gasteiger partial charge in [-0.3, -0.25) is 14.3 Å². The molecule has 0 aliphatic carbocycles. The van der Waals surface area contributed by atoms with Gasteiger partial charge >= 0.3 is 0 Å². The Morgan fingerprint density at radius 3 is 2.59 bits per heavy atom. The van der Waals surface area contributed by atoms with Gasteiger partial charge in [0.2, 0.25) is 0 Å². The number of aromatic nitrogens is 4. The lowest BCUT2D eigenvalue weighted by Gasteiger charge is -2.14. The molecule has 0 saturated carbocycles. The van der Waals surface area contributed by atoms with Crippen LogP contribution in [-0.4, -0.2) is 37.6 Å². The Bertz CT molecular complexity index is 1030. The highest BCUT2D eigenvalue weighted by molar-refractivity contribution is 6.05. The first-order valence-corrected chi connectivity index (χ1v) is 9.18. The van der Waals surface area contributed by atoms with Crippen molar-refractivity contribution in [1.82, 2.24) is 25.1 Å². The zero-order valence-corrected chi connectivity index (χ0v) is 16.5. The lowest BCUT2D eigenvalue weighted by molar-refractivity contribution is 0.0942. The van der Waals surface area contributed by atoms with Gasteiger partial charge in [0.15, 0.2) is 11.5 Å². The molecule has 2 heterocycles. The molecule has 2 aromatic heterocycles. The van der Waals surface area contributed by atoms with Gasteiger partial charge < -0.3 is 16.4 Å². The molecule has 9 nitrogen and oxygen atoms in total. The number of nitrogens with zero attached hydrogens (tertiary/aromatic N) is 4. The molecule has 1 unspecified atom stereocenters. The Morgan fingerprint density at radius 1 is 1.10 bits per heavy atom. The van der Waals surface area contributed by atoms with Crippen LogP contribution in [0.1, 0.15) is 53.2 Å². The second-order valence-electron chi connectivity index (χ2n) is 6.88. The van der Waals surface area contributed by atoms with Crippen LogP contribution in [0.5, 0.6) is 0 Å². The molecule has 150 valence electrons. The summed E-state index contributed by atoms with van der Waals surface area (Å²) in [5.41, 5.74) is 7.74. The maximum Gasteiger partial charge on any atom is 0.278 e. The fraction of sp³-hybridized carbons (Fsp3) is 0.250. The maximum absolute atomic E-state index is 12.3. The second kappa shape index (κ2) is 8.51. The summed E-state index contributed by atoms with van der Waals surface area (Å²) >= 11 is 0. The number of carbonyl (C=O) groups excluding carboxylic acids is 2. The van der Waals surface area contributed by atoms with Crippen LogP contribution in [0, 0.1) is 0 Å². The molecule has 0 radical (unpaired) electrons. The molecule has 29 heavy (non-hydrogen) atoms. The highest BCUT2D eigenvalue weighted by Gasteiger charge is 2.16. The molecular weight excluding hydrogens is 370 g/mol. The standard InChI is InChI=1S/C20H23N7O2/c1-12(2)25-19(28)15-6-4-5-14(9-15)13(3)27-11-16(10-24-27)26-20(29)17-18(21)23-8-7-22-17/h4-13H,1-3H3,(H2,21,23)(H,25,28)(H,26,29). The summed E-state index contributed by atoms with van der Waals surface area (Å²) in [6.45, 7) is 5.79. The second-order valence-corrected chi connectivity index (χ2v) is 6.88. The summed E-state index contributed by atoms with van der Waals surface area (Å²) in [6.07, 6.45) is 6.06. The number of carbonyl (C=O) groups is 2. The van der Waals surface area contributed by atoms with E-state index in [0.29, 0.717) is 11.3 Å². The van der Waals surface area contributed by atoms with Gasteiger partial charge in [-0.05, 0) is 38.5 Å². The largest absolute Gasteiger partial charge is 0.382 e. The van der Waals surface area contributed by atoms with Crippen molar-refractivity contribution in [3.8, 4) is 0 Å². The molecule has 0 spiro atoms. The van der Waals surface area contributed by atoms with E-state index < -0.39 is 5.91 Å². The third-order valence-electron chi connectivity index (χ3n) is 4.25. The molecular formula is C20H23N7O2. The summed E-state index contributed by atoms with van der Waals surface area (Å²) in [7, 11) is 0. The van der Waals surface area contributed by atoms with E-state index in [0.717, 1.165) is 5.56 Å². The lowest BCUT2D eigenvalue weighted by atomic mass is 10.0. The van der Waals surface area contributed by atoms with Crippen molar-refractivity contribution >= 4 is 23.3 Å². The van der Waals surface area contributed by atoms with Crippen molar-refractivity contribution < 1.29 is 9.59 Å². The minimum atomic E-state index is -0.463. The average Bonchev–Trinajstić information content (AvgIpc) is 3.15. The smallest absolute Gasteiger partial charge is 0.278 e. The van der Waals surface area contributed by atoms with Crippen molar-refractivity contribution in [2.75, 3.05) is 11.1 Å². The maximum atomic E-state index is 12.3. The Hall–Kier alpha value is -3.75. The molecule has 0 fully saturated rings. The molecule has 2 amide bonds. The first-order valence-electron chi connectivity index (χ1n) is 9.18. The topological polar surface area (TPSA) is 128 Å². The van der Waals surface area contributed by atoms with E-state index in [9.17, 15) is 9.59 Å². The summed E-state index contributed by atoms with van der Waals surface area (Å²) in [5, 5.41) is 9.91. The van der Waals surface area contributed by atoms with Gasteiger partial charge in [-0.15, -0.1) is 0 Å². The van der Waals surface area contributed by atoms with E-state index in [1.807, 2.05) is 39.0 Å². The number of hydrogen-bond donors (Lipinski definition) is 3. The van der Waals surface area contributed by atoms with Gasteiger partial charge in [0.05, 0.1) is 17.9 Å². The fourth-order valence-corrected chi connectivity index (χ4v) is 2.77. The van der Waals surface area contributed by atoms with Crippen LogP contribution in [0.4, 0.5) is 11.5 Å². The molecule has 4 N–H and O–H groups in total. The summed E-state index contributed by atoms with van der Waals surface area (Å²) in [5.74, 6) is -0.526.